The van der Waals surface area contributed by atoms with Gasteiger partial charge in [-0.05, 0) is 49.4 Å². The van der Waals surface area contributed by atoms with Crippen LogP contribution in [0.1, 0.15) is 37.1 Å². The maximum atomic E-state index is 11.5. The maximum absolute atomic E-state index is 11.5. The molecule has 2 aromatic heterocycles. The van der Waals surface area contributed by atoms with E-state index in [0.29, 0.717) is 6.42 Å². The fourth-order valence-corrected chi connectivity index (χ4v) is 4.17. The van der Waals surface area contributed by atoms with E-state index in [1.807, 2.05) is 24.3 Å². The first-order valence-electron chi connectivity index (χ1n) is 9.21. The Labute approximate surface area is 159 Å². The second-order valence-corrected chi connectivity index (χ2v) is 7.21. The fourth-order valence-electron chi connectivity index (χ4n) is 4.17. The highest BCUT2D eigenvalue weighted by Gasteiger charge is 2.20. The van der Waals surface area contributed by atoms with Crippen molar-refractivity contribution < 1.29 is 9.53 Å². The van der Waals surface area contributed by atoms with Crippen LogP contribution >= 0.6 is 0 Å². The number of Topliss-reactive ketones (excluding diaryl/α,β-unsaturated/α-hetero) is 1. The molecule has 2 aliphatic rings. The van der Waals surface area contributed by atoms with Gasteiger partial charge in [0.2, 0.25) is 0 Å². The molecule has 140 valence electrons. The third kappa shape index (κ3) is 2.97. The van der Waals surface area contributed by atoms with Gasteiger partial charge in [0.25, 0.3) is 0 Å². The van der Waals surface area contributed by atoms with Crippen molar-refractivity contribution in [2.24, 2.45) is 7.05 Å². The predicted molar refractivity (Wildman–Crippen MR) is 108 cm³/mol. The molecule has 0 radical (unpaired) electrons. The highest BCUT2D eigenvalue weighted by atomic mass is 16.5. The first-order chi connectivity index (χ1) is 12.7. The molecule has 1 aliphatic carbocycles. The van der Waals surface area contributed by atoms with Crippen LogP contribution in [0.2, 0.25) is 0 Å². The van der Waals surface area contributed by atoms with Gasteiger partial charge in [-0.15, -0.1) is 0 Å². The van der Waals surface area contributed by atoms with Gasteiger partial charge in [0.1, 0.15) is 23.8 Å². The number of aromatic nitrogens is 2. The molecule has 5 heteroatoms. The van der Waals surface area contributed by atoms with Gasteiger partial charge in [-0.25, -0.2) is 4.98 Å². The van der Waals surface area contributed by atoms with Crippen molar-refractivity contribution >= 4 is 28.3 Å². The van der Waals surface area contributed by atoms with E-state index in [9.17, 15) is 4.79 Å². The average Bonchev–Trinajstić information content (AvgIpc) is 2.94. The molecule has 27 heavy (non-hydrogen) atoms. The predicted octanol–water partition coefficient (Wildman–Crippen LogP) is 4.34. The van der Waals surface area contributed by atoms with Crippen LogP contribution in [0.5, 0.6) is 5.75 Å². The van der Waals surface area contributed by atoms with Crippen LogP contribution in [-0.2, 0) is 31.1 Å². The summed E-state index contributed by atoms with van der Waals surface area (Å²) >= 11 is 0. The number of aryl methyl sites for hydroxylation is 2. The Hall–Kier alpha value is -2.82. The summed E-state index contributed by atoms with van der Waals surface area (Å²) < 4.78 is 7.79. The van der Waals surface area contributed by atoms with Gasteiger partial charge in [0.15, 0.2) is 5.78 Å². The zero-order chi connectivity index (χ0) is 17.7. The molecular formula is C22H25N3O2. The number of benzene rings is 1. The van der Waals surface area contributed by atoms with Crippen LogP contribution in [0.25, 0.3) is 11.0 Å². The summed E-state index contributed by atoms with van der Waals surface area (Å²) in [5.74, 6) is 1.73. The van der Waals surface area contributed by atoms with Gasteiger partial charge in [-0.3, -0.25) is 4.79 Å². The van der Waals surface area contributed by atoms with Crippen molar-refractivity contribution in [2.45, 2.75) is 39.5 Å². The minimum Gasteiger partial charge on any atom is -0.485 e. The summed E-state index contributed by atoms with van der Waals surface area (Å²) in [5, 5.41) is 4.65. The van der Waals surface area contributed by atoms with Gasteiger partial charge in [-0.2, -0.15) is 0 Å². The number of rotatable bonds is 2. The molecule has 5 rings (SSSR count). The SMILES string of the molecule is C.Cn1c2c(c3ccc(Nc4ccc5c(c4)OCC(=O)C5)nc31)CCCC2. The highest BCUT2D eigenvalue weighted by Crippen LogP contribution is 2.32. The van der Waals surface area contributed by atoms with Crippen LogP contribution in [0.15, 0.2) is 30.3 Å². The summed E-state index contributed by atoms with van der Waals surface area (Å²) in [6.45, 7) is 0.162. The molecule has 5 nitrogen and oxygen atoms in total. The molecule has 1 aromatic carbocycles. The second kappa shape index (κ2) is 6.72. The Kier molecular flexibility index (Phi) is 4.38. The number of fused-ring (bicyclic) bond motifs is 4. The van der Waals surface area contributed by atoms with E-state index in [1.54, 1.807) is 0 Å². The van der Waals surface area contributed by atoms with E-state index in [0.717, 1.165) is 41.3 Å². The smallest absolute Gasteiger partial charge is 0.174 e. The number of hydrogen-bond acceptors (Lipinski definition) is 4. The number of carbonyl (C=O) groups is 1. The third-order valence-corrected chi connectivity index (χ3v) is 5.48. The van der Waals surface area contributed by atoms with Crippen LogP contribution in [-0.4, -0.2) is 21.9 Å². The highest BCUT2D eigenvalue weighted by molar-refractivity contribution is 5.86. The molecule has 3 heterocycles. The number of ketones is 1. The molecule has 0 bridgehead atoms. The van der Waals surface area contributed by atoms with Crippen LogP contribution in [0.3, 0.4) is 0 Å². The molecule has 0 spiro atoms. The van der Waals surface area contributed by atoms with Gasteiger partial charge >= 0.3 is 0 Å². The Morgan fingerprint density at radius 2 is 2.00 bits per heavy atom. The quantitative estimate of drug-likeness (QED) is 0.736. The Bertz CT molecular complexity index is 1040. The summed E-state index contributed by atoms with van der Waals surface area (Å²) in [5.41, 5.74) is 5.82. The van der Waals surface area contributed by atoms with Crippen molar-refractivity contribution in [1.29, 1.82) is 0 Å². The second-order valence-electron chi connectivity index (χ2n) is 7.21. The van der Waals surface area contributed by atoms with Crippen molar-refractivity contribution in [3.05, 3.63) is 47.2 Å². The van der Waals surface area contributed by atoms with E-state index in [1.165, 1.54) is 29.5 Å². The number of anilines is 2. The lowest BCUT2D eigenvalue weighted by atomic mass is 9.96. The maximum Gasteiger partial charge on any atom is 0.174 e. The normalized spacial score (nSPS) is 15.5. The summed E-state index contributed by atoms with van der Waals surface area (Å²) in [4.78, 5) is 16.3. The largest absolute Gasteiger partial charge is 0.485 e. The van der Waals surface area contributed by atoms with Crippen molar-refractivity contribution in [3.8, 4) is 5.75 Å². The van der Waals surface area contributed by atoms with E-state index in [2.05, 4.69) is 23.0 Å². The number of carbonyl (C=O) groups excluding carboxylic acids is 1. The standard InChI is InChI=1S/C21H21N3O2.CH4/c1-24-18-5-3-2-4-16(18)17-8-9-20(23-21(17)24)22-14-7-6-13-10-15(25)12-26-19(13)11-14;/h6-9,11H,2-5,10,12H2,1H3,(H,22,23);1H4. The number of pyridine rings is 1. The van der Waals surface area contributed by atoms with Crippen molar-refractivity contribution in [2.75, 3.05) is 11.9 Å². The molecule has 0 atom stereocenters. The molecule has 0 unspecified atom stereocenters. The molecule has 1 N–H and O–H groups in total. The van der Waals surface area contributed by atoms with Crippen LogP contribution in [0, 0.1) is 0 Å². The lowest BCUT2D eigenvalue weighted by Crippen LogP contribution is -2.20. The monoisotopic (exact) mass is 363 g/mol. The molecule has 1 aliphatic heterocycles. The van der Waals surface area contributed by atoms with E-state index < -0.39 is 0 Å². The van der Waals surface area contributed by atoms with Gasteiger partial charge in [0, 0.05) is 41.9 Å². The van der Waals surface area contributed by atoms with Crippen LogP contribution in [0.4, 0.5) is 11.5 Å². The average molecular weight is 363 g/mol. The van der Waals surface area contributed by atoms with Crippen molar-refractivity contribution in [3.63, 3.8) is 0 Å². The molecular weight excluding hydrogens is 338 g/mol. The zero-order valence-electron chi connectivity index (χ0n) is 14.8. The summed E-state index contributed by atoms with van der Waals surface area (Å²) in [6.07, 6.45) is 5.28. The van der Waals surface area contributed by atoms with Crippen LogP contribution < -0.4 is 10.1 Å². The Morgan fingerprint density at radius 3 is 2.89 bits per heavy atom. The number of hydrogen-bond donors (Lipinski definition) is 1. The first-order valence-corrected chi connectivity index (χ1v) is 9.21. The summed E-state index contributed by atoms with van der Waals surface area (Å²) in [6, 6.07) is 10.1. The van der Waals surface area contributed by atoms with E-state index in [-0.39, 0.29) is 19.8 Å². The number of ether oxygens (including phenoxy) is 1. The lowest BCUT2D eigenvalue weighted by molar-refractivity contribution is -0.121. The number of nitrogens with one attached hydrogen (secondary N) is 1. The minimum atomic E-state index is 0. The Balaban J connectivity index is 0.00000180. The molecule has 0 saturated heterocycles. The minimum absolute atomic E-state index is 0. The number of nitrogens with zero attached hydrogens (tertiary/aromatic N) is 2. The molecule has 0 fully saturated rings. The molecule has 3 aromatic rings. The van der Waals surface area contributed by atoms with E-state index >= 15 is 0 Å². The summed E-state index contributed by atoms with van der Waals surface area (Å²) in [7, 11) is 2.12. The van der Waals surface area contributed by atoms with Gasteiger partial charge in [0.05, 0.1) is 0 Å². The molecule has 0 saturated carbocycles. The zero-order valence-corrected chi connectivity index (χ0v) is 14.8. The molecule has 0 amide bonds. The van der Waals surface area contributed by atoms with Crippen molar-refractivity contribution in [1.82, 2.24) is 9.55 Å². The first kappa shape index (κ1) is 17.6. The van der Waals surface area contributed by atoms with Gasteiger partial charge < -0.3 is 14.6 Å². The Morgan fingerprint density at radius 1 is 1.15 bits per heavy atom. The lowest BCUT2D eigenvalue weighted by Gasteiger charge is -2.17. The topological polar surface area (TPSA) is 56.2 Å². The van der Waals surface area contributed by atoms with E-state index in [4.69, 9.17) is 9.72 Å². The van der Waals surface area contributed by atoms with Gasteiger partial charge in [-0.1, -0.05) is 13.5 Å². The fraction of sp³-hybridized carbons (Fsp3) is 0.364. The third-order valence-electron chi connectivity index (χ3n) is 5.48.